The van der Waals surface area contributed by atoms with Gasteiger partial charge in [0.2, 0.25) is 0 Å². The minimum absolute atomic E-state index is 0.00304. The molecule has 15 nitrogen and oxygen atoms in total. The van der Waals surface area contributed by atoms with Crippen LogP contribution in [0.5, 0.6) is 11.5 Å². The lowest BCUT2D eigenvalue weighted by Gasteiger charge is -2.49. The van der Waals surface area contributed by atoms with Crippen LogP contribution in [0.3, 0.4) is 0 Å². The lowest BCUT2D eigenvalue weighted by Crippen LogP contribution is -2.67. The first-order valence-corrected chi connectivity index (χ1v) is 29.8. The van der Waals surface area contributed by atoms with Gasteiger partial charge in [0.1, 0.15) is 54.9 Å². The van der Waals surface area contributed by atoms with Crippen molar-refractivity contribution in [3.8, 4) is 11.5 Å². The molecule has 0 aromatic heterocycles. The van der Waals surface area contributed by atoms with E-state index in [1.165, 1.54) is 0 Å². The van der Waals surface area contributed by atoms with Gasteiger partial charge in [-0.3, -0.25) is 27.1 Å². The van der Waals surface area contributed by atoms with Gasteiger partial charge < -0.3 is 33.2 Å². The number of phosphoric ester groups is 2. The van der Waals surface area contributed by atoms with Crippen molar-refractivity contribution < 1.29 is 69.4 Å². The first-order chi connectivity index (χ1) is 40.2. The number of rotatable bonds is 32. The Hall–Kier alpha value is -6.62. The molecule has 0 unspecified atom stereocenters. The molecule has 6 atom stereocenters. The number of hydrogen-bond acceptors (Lipinski definition) is 15. The van der Waals surface area contributed by atoms with E-state index in [-0.39, 0.29) is 59.6 Å². The van der Waals surface area contributed by atoms with Crippen molar-refractivity contribution in [2.24, 2.45) is 0 Å². The highest BCUT2D eigenvalue weighted by atomic mass is 31.2. The van der Waals surface area contributed by atoms with E-state index in [4.69, 9.17) is 60.3 Å². The van der Waals surface area contributed by atoms with Crippen molar-refractivity contribution >= 4 is 15.6 Å². The van der Waals surface area contributed by atoms with Crippen molar-refractivity contribution in [2.45, 2.75) is 89.5 Å². The van der Waals surface area contributed by atoms with Gasteiger partial charge in [0.25, 0.3) is 0 Å². The molecule has 0 aliphatic heterocycles. The summed E-state index contributed by atoms with van der Waals surface area (Å²) in [6, 6.07) is 70.8. The SMILES string of the molecule is COc1ccc(CO[C@@H]2[C@@H](OP(=O)(OCc3ccccc3)OCc3ccccc3)[C@@H](OCc3ccccc3)[C@@H](OCOCc3ccccc3)[C@H](OCc3ccc(OC)cc3)[C@H]2OP(=O)(OCc2ccccc2)OCc2ccccc2)cc1. The highest BCUT2D eigenvalue weighted by Crippen LogP contribution is 2.58. The maximum Gasteiger partial charge on any atom is 0.475 e. The van der Waals surface area contributed by atoms with Crippen LogP contribution in [-0.4, -0.2) is 57.6 Å². The number of benzene rings is 8. The minimum atomic E-state index is -4.78. The van der Waals surface area contributed by atoms with Gasteiger partial charge in [-0.1, -0.05) is 206 Å². The molecule has 0 heterocycles. The Morgan fingerprint density at radius 2 is 0.524 bits per heavy atom. The third-order valence-electron chi connectivity index (χ3n) is 13.3. The van der Waals surface area contributed by atoms with E-state index < -0.39 is 52.3 Å². The smallest absolute Gasteiger partial charge is 0.475 e. The summed E-state index contributed by atoms with van der Waals surface area (Å²) in [5.41, 5.74) is 5.91. The molecule has 82 heavy (non-hydrogen) atoms. The minimum Gasteiger partial charge on any atom is -0.497 e. The largest absolute Gasteiger partial charge is 0.497 e. The van der Waals surface area contributed by atoms with E-state index in [0.717, 1.165) is 16.7 Å². The molecule has 0 N–H and O–H groups in total. The Balaban J connectivity index is 1.20. The van der Waals surface area contributed by atoms with Crippen molar-refractivity contribution in [1.29, 1.82) is 0 Å². The molecule has 1 aliphatic rings. The molecule has 9 rings (SSSR count). The average Bonchev–Trinajstić information content (AvgIpc) is 2.41. The quantitative estimate of drug-likeness (QED) is 0.0223. The van der Waals surface area contributed by atoms with E-state index in [9.17, 15) is 0 Å². The molecule has 17 heteroatoms. The van der Waals surface area contributed by atoms with Crippen LogP contribution in [0.2, 0.25) is 0 Å². The van der Waals surface area contributed by atoms with Gasteiger partial charge in [-0.25, -0.2) is 9.13 Å². The maximum absolute atomic E-state index is 16.0. The first kappa shape index (κ1) is 60.0. The molecule has 428 valence electrons. The molecule has 0 amide bonds. The molecule has 0 saturated heterocycles. The number of hydrogen-bond donors (Lipinski definition) is 0. The van der Waals surface area contributed by atoms with Gasteiger partial charge >= 0.3 is 15.6 Å². The van der Waals surface area contributed by atoms with Crippen LogP contribution in [0, 0.1) is 0 Å². The monoisotopic (exact) mass is 1150 g/mol. The third kappa shape index (κ3) is 18.2. The summed E-state index contributed by atoms with van der Waals surface area (Å²) in [6.07, 6.45) is -8.29. The first-order valence-electron chi connectivity index (χ1n) is 26.9. The highest BCUT2D eigenvalue weighted by molar-refractivity contribution is 7.48. The zero-order valence-corrected chi connectivity index (χ0v) is 47.6. The lowest BCUT2D eigenvalue weighted by molar-refractivity contribution is -0.279. The van der Waals surface area contributed by atoms with Crippen molar-refractivity contribution in [2.75, 3.05) is 21.0 Å². The summed E-state index contributed by atoms with van der Waals surface area (Å²) in [5, 5.41) is 0. The van der Waals surface area contributed by atoms with E-state index in [0.29, 0.717) is 39.3 Å². The Morgan fingerprint density at radius 1 is 0.280 bits per heavy atom. The van der Waals surface area contributed by atoms with Gasteiger partial charge in [0, 0.05) is 0 Å². The Bertz CT molecular complexity index is 3070. The molecule has 8 aromatic rings. The molecular formula is C65H68O15P2. The molecule has 0 radical (unpaired) electrons. The summed E-state index contributed by atoms with van der Waals surface area (Å²) in [5.74, 6) is 1.26. The van der Waals surface area contributed by atoms with E-state index in [2.05, 4.69) is 0 Å². The third-order valence-corrected chi connectivity index (χ3v) is 16.1. The van der Waals surface area contributed by atoms with Crippen LogP contribution in [-0.2, 0) is 113 Å². The van der Waals surface area contributed by atoms with Gasteiger partial charge in [0.15, 0.2) is 0 Å². The topological polar surface area (TPSA) is 154 Å². The fraction of sp³-hybridized carbons (Fsp3) is 0.262. The Labute approximate surface area is 480 Å². The molecule has 1 aliphatic carbocycles. The van der Waals surface area contributed by atoms with Crippen LogP contribution >= 0.6 is 15.6 Å². The van der Waals surface area contributed by atoms with Crippen molar-refractivity contribution in [3.63, 3.8) is 0 Å². The van der Waals surface area contributed by atoms with Crippen LogP contribution in [0.4, 0.5) is 0 Å². The van der Waals surface area contributed by atoms with E-state index in [1.54, 1.807) is 26.4 Å². The number of methoxy groups -OCH3 is 2. The molecule has 1 saturated carbocycles. The van der Waals surface area contributed by atoms with E-state index in [1.807, 2.05) is 218 Å². The summed E-state index contributed by atoms with van der Waals surface area (Å²) in [7, 11) is -6.37. The Morgan fingerprint density at radius 3 is 0.817 bits per heavy atom. The van der Waals surface area contributed by atoms with Gasteiger partial charge in [-0.15, -0.1) is 0 Å². The van der Waals surface area contributed by atoms with Gasteiger partial charge in [0.05, 0.1) is 67.1 Å². The van der Waals surface area contributed by atoms with Crippen LogP contribution in [0.15, 0.2) is 231 Å². The van der Waals surface area contributed by atoms with Crippen molar-refractivity contribution in [3.05, 3.63) is 275 Å². The van der Waals surface area contributed by atoms with Gasteiger partial charge in [-0.2, -0.15) is 0 Å². The second kappa shape index (κ2) is 31.2. The fourth-order valence-electron chi connectivity index (χ4n) is 8.98. The zero-order valence-electron chi connectivity index (χ0n) is 45.8. The van der Waals surface area contributed by atoms with Crippen LogP contribution in [0.25, 0.3) is 0 Å². The van der Waals surface area contributed by atoms with Crippen LogP contribution in [0.1, 0.15) is 44.5 Å². The predicted octanol–water partition coefficient (Wildman–Crippen LogP) is 14.2. The normalized spacial score (nSPS) is 18.2. The highest BCUT2D eigenvalue weighted by Gasteiger charge is 2.59. The predicted molar refractivity (Wildman–Crippen MR) is 309 cm³/mol. The summed E-state index contributed by atoms with van der Waals surface area (Å²) >= 11 is 0. The summed E-state index contributed by atoms with van der Waals surface area (Å²) < 4.78 is 117. The fourth-order valence-corrected chi connectivity index (χ4v) is 11.7. The molecular weight excluding hydrogens is 1080 g/mol. The standard InChI is InChI=1S/C65H68O15P2/c1-68-58-37-33-56(34-38-58)43-72-62-60(74-49-70-41-50-21-9-3-10-22-50)61(71-42-51-23-11-4-12-24-51)64(79-81(66,75-45-52-25-13-5-14-26-52)76-46-53-27-15-6-16-28-53)63(73-44-57-35-39-59(69-2)40-36-57)65(62)80-82(67,77-47-54-29-17-7-18-30-54)78-48-55-31-19-8-20-32-55/h3-40,60-65H,41-49H2,1-2H3/t60-,61+,62+,63-,64+,65-/m1/s1. The lowest BCUT2D eigenvalue weighted by atomic mass is 9.84. The molecule has 1 fully saturated rings. The number of phosphoric acid groups is 2. The zero-order chi connectivity index (χ0) is 56.7. The van der Waals surface area contributed by atoms with Crippen molar-refractivity contribution in [1.82, 2.24) is 0 Å². The average molecular weight is 1150 g/mol. The maximum atomic E-state index is 16.0. The second-order valence-electron chi connectivity index (χ2n) is 19.2. The van der Waals surface area contributed by atoms with E-state index >= 15 is 9.13 Å². The Kier molecular flexibility index (Phi) is 22.8. The molecule has 0 spiro atoms. The second-order valence-corrected chi connectivity index (χ2v) is 22.4. The summed E-state index contributed by atoms with van der Waals surface area (Å²) in [4.78, 5) is 0. The molecule has 8 aromatic carbocycles. The van der Waals surface area contributed by atoms with Crippen LogP contribution < -0.4 is 9.47 Å². The van der Waals surface area contributed by atoms with Gasteiger partial charge in [-0.05, 0) is 68.8 Å². The number of ether oxygens (including phenoxy) is 7. The summed E-state index contributed by atoms with van der Waals surface area (Å²) in [6.45, 7) is -0.996. The molecule has 0 bridgehead atoms.